The van der Waals surface area contributed by atoms with Crippen LogP contribution in [0.5, 0.6) is 0 Å². The van der Waals surface area contributed by atoms with Gasteiger partial charge in [0.15, 0.2) is 0 Å². The van der Waals surface area contributed by atoms with Crippen molar-refractivity contribution in [3.8, 4) is 0 Å². The predicted octanol–water partition coefficient (Wildman–Crippen LogP) is 2.37. The summed E-state index contributed by atoms with van der Waals surface area (Å²) in [6, 6.07) is 8.80. The van der Waals surface area contributed by atoms with E-state index < -0.39 is 0 Å². The predicted molar refractivity (Wildman–Crippen MR) is 75.5 cm³/mol. The lowest BCUT2D eigenvalue weighted by Crippen LogP contribution is -2.25. The van der Waals surface area contributed by atoms with Crippen molar-refractivity contribution >= 4 is 11.8 Å². The number of rotatable bonds is 5. The molecule has 1 fully saturated rings. The van der Waals surface area contributed by atoms with Gasteiger partial charge in [0.2, 0.25) is 0 Å². The molecule has 3 heteroatoms. The monoisotopic (exact) mass is 250 g/mol. The van der Waals surface area contributed by atoms with Gasteiger partial charge in [0, 0.05) is 23.7 Å². The normalized spacial score (nSPS) is 20.9. The van der Waals surface area contributed by atoms with Gasteiger partial charge < -0.3 is 10.6 Å². The van der Waals surface area contributed by atoms with E-state index >= 15 is 0 Å². The molecule has 2 nitrogen and oxygen atoms in total. The second-order valence-electron chi connectivity index (χ2n) is 4.85. The van der Waals surface area contributed by atoms with Crippen LogP contribution in [0.15, 0.2) is 29.2 Å². The number of hydrogen-bond acceptors (Lipinski definition) is 3. The minimum absolute atomic E-state index is 0.736. The third-order valence-electron chi connectivity index (χ3n) is 3.40. The van der Waals surface area contributed by atoms with Crippen molar-refractivity contribution in [3.05, 3.63) is 29.8 Å². The van der Waals surface area contributed by atoms with Gasteiger partial charge in [0.05, 0.1) is 0 Å². The van der Waals surface area contributed by atoms with Crippen LogP contribution >= 0.6 is 11.8 Å². The summed E-state index contributed by atoms with van der Waals surface area (Å²) in [5, 5.41) is 0. The number of aryl methyl sites for hydroxylation is 1. The van der Waals surface area contributed by atoms with E-state index in [1.165, 1.54) is 42.3 Å². The number of likely N-dealkylation sites (tertiary alicyclic amines) is 1. The largest absolute Gasteiger partial charge is 0.330 e. The van der Waals surface area contributed by atoms with E-state index in [1.54, 1.807) is 0 Å². The number of nitrogens with zero attached hydrogens (tertiary/aromatic N) is 1. The van der Waals surface area contributed by atoms with E-state index in [0.717, 1.165) is 12.5 Å². The van der Waals surface area contributed by atoms with Crippen molar-refractivity contribution < 1.29 is 0 Å². The summed E-state index contributed by atoms with van der Waals surface area (Å²) < 4.78 is 0. The highest BCUT2D eigenvalue weighted by Gasteiger charge is 2.20. The molecule has 0 aliphatic carbocycles. The van der Waals surface area contributed by atoms with E-state index in [9.17, 15) is 0 Å². The third kappa shape index (κ3) is 4.02. The quantitative estimate of drug-likeness (QED) is 0.814. The van der Waals surface area contributed by atoms with Crippen molar-refractivity contribution in [2.24, 2.45) is 11.7 Å². The van der Waals surface area contributed by atoms with E-state index in [4.69, 9.17) is 5.73 Å². The average Bonchev–Trinajstić information content (AvgIpc) is 2.80. The fourth-order valence-electron chi connectivity index (χ4n) is 2.24. The SMILES string of the molecule is Cc1ccc(SCCN2CCC(CN)C2)cc1. The molecule has 1 aliphatic rings. The van der Waals surface area contributed by atoms with Gasteiger partial charge in [-0.15, -0.1) is 11.8 Å². The van der Waals surface area contributed by atoms with Gasteiger partial charge >= 0.3 is 0 Å². The van der Waals surface area contributed by atoms with Crippen LogP contribution in [0.3, 0.4) is 0 Å². The summed E-state index contributed by atoms with van der Waals surface area (Å²) in [5.41, 5.74) is 7.03. The highest BCUT2D eigenvalue weighted by Crippen LogP contribution is 2.20. The van der Waals surface area contributed by atoms with E-state index in [0.29, 0.717) is 0 Å². The van der Waals surface area contributed by atoms with Crippen molar-refractivity contribution in [1.82, 2.24) is 4.90 Å². The van der Waals surface area contributed by atoms with Gasteiger partial charge in [0.25, 0.3) is 0 Å². The first kappa shape index (κ1) is 12.9. The summed E-state index contributed by atoms with van der Waals surface area (Å²) in [5.74, 6) is 1.92. The Morgan fingerprint density at radius 2 is 2.12 bits per heavy atom. The molecule has 1 unspecified atom stereocenters. The molecule has 1 aromatic rings. The summed E-state index contributed by atoms with van der Waals surface area (Å²) in [6.07, 6.45) is 1.28. The molecular formula is C14H22N2S. The van der Waals surface area contributed by atoms with Crippen LogP contribution in [-0.2, 0) is 0 Å². The second kappa shape index (κ2) is 6.43. The molecular weight excluding hydrogens is 228 g/mol. The highest BCUT2D eigenvalue weighted by molar-refractivity contribution is 7.99. The topological polar surface area (TPSA) is 29.3 Å². The van der Waals surface area contributed by atoms with E-state index in [-0.39, 0.29) is 0 Å². The maximum Gasteiger partial charge on any atom is 0.0108 e. The van der Waals surface area contributed by atoms with Crippen LogP contribution in [0.25, 0.3) is 0 Å². The minimum atomic E-state index is 0.736. The molecule has 94 valence electrons. The third-order valence-corrected chi connectivity index (χ3v) is 4.39. The van der Waals surface area contributed by atoms with Crippen LogP contribution in [0.2, 0.25) is 0 Å². The first-order valence-corrected chi connectivity index (χ1v) is 7.38. The first-order chi connectivity index (χ1) is 8.28. The van der Waals surface area contributed by atoms with Gasteiger partial charge in [0.1, 0.15) is 0 Å². The molecule has 0 amide bonds. The standard InChI is InChI=1S/C14H22N2S/c1-12-2-4-14(5-3-12)17-9-8-16-7-6-13(10-15)11-16/h2-5,13H,6-11,15H2,1H3. The molecule has 0 spiro atoms. The molecule has 1 aliphatic heterocycles. The summed E-state index contributed by atoms with van der Waals surface area (Å²) in [7, 11) is 0. The number of benzene rings is 1. The van der Waals surface area contributed by atoms with Crippen molar-refractivity contribution in [2.75, 3.05) is 31.9 Å². The van der Waals surface area contributed by atoms with Gasteiger partial charge in [-0.1, -0.05) is 17.7 Å². The van der Waals surface area contributed by atoms with E-state index in [1.807, 2.05) is 11.8 Å². The molecule has 1 saturated heterocycles. The summed E-state index contributed by atoms with van der Waals surface area (Å²) in [6.45, 7) is 6.60. The van der Waals surface area contributed by atoms with Gasteiger partial charge in [-0.2, -0.15) is 0 Å². The molecule has 2 rings (SSSR count). The Labute approximate surface area is 109 Å². The second-order valence-corrected chi connectivity index (χ2v) is 6.02. The Balaban J connectivity index is 1.68. The van der Waals surface area contributed by atoms with Crippen LogP contribution in [0.1, 0.15) is 12.0 Å². The van der Waals surface area contributed by atoms with Crippen LogP contribution in [0, 0.1) is 12.8 Å². The Hall–Kier alpha value is -0.510. The van der Waals surface area contributed by atoms with Gasteiger partial charge in [-0.05, 0) is 44.5 Å². The lowest BCUT2D eigenvalue weighted by Gasteiger charge is -2.15. The zero-order valence-electron chi connectivity index (χ0n) is 10.6. The molecule has 1 aromatic carbocycles. The lowest BCUT2D eigenvalue weighted by molar-refractivity contribution is 0.346. The van der Waals surface area contributed by atoms with Crippen LogP contribution < -0.4 is 5.73 Å². The average molecular weight is 250 g/mol. The molecule has 1 heterocycles. The molecule has 2 N–H and O–H groups in total. The highest BCUT2D eigenvalue weighted by atomic mass is 32.2. The molecule has 0 bridgehead atoms. The van der Waals surface area contributed by atoms with Crippen molar-refractivity contribution in [1.29, 1.82) is 0 Å². The molecule has 0 radical (unpaired) electrons. The van der Waals surface area contributed by atoms with Crippen molar-refractivity contribution in [3.63, 3.8) is 0 Å². The number of thioether (sulfide) groups is 1. The molecule has 0 aromatic heterocycles. The van der Waals surface area contributed by atoms with Gasteiger partial charge in [-0.25, -0.2) is 0 Å². The Morgan fingerprint density at radius 3 is 2.76 bits per heavy atom. The van der Waals surface area contributed by atoms with Crippen molar-refractivity contribution in [2.45, 2.75) is 18.2 Å². The number of hydrogen-bond donors (Lipinski definition) is 1. The fraction of sp³-hybridized carbons (Fsp3) is 0.571. The minimum Gasteiger partial charge on any atom is -0.330 e. The zero-order valence-corrected chi connectivity index (χ0v) is 11.4. The maximum absolute atomic E-state index is 5.70. The Kier molecular flexibility index (Phi) is 4.89. The van der Waals surface area contributed by atoms with Crippen LogP contribution in [-0.4, -0.2) is 36.8 Å². The Morgan fingerprint density at radius 1 is 1.35 bits per heavy atom. The number of nitrogens with two attached hydrogens (primary N) is 1. The first-order valence-electron chi connectivity index (χ1n) is 6.40. The van der Waals surface area contributed by atoms with Gasteiger partial charge in [-0.3, -0.25) is 0 Å². The molecule has 17 heavy (non-hydrogen) atoms. The van der Waals surface area contributed by atoms with E-state index in [2.05, 4.69) is 36.1 Å². The fourth-order valence-corrected chi connectivity index (χ4v) is 3.15. The summed E-state index contributed by atoms with van der Waals surface area (Å²) in [4.78, 5) is 3.92. The maximum atomic E-state index is 5.70. The lowest BCUT2D eigenvalue weighted by atomic mass is 10.1. The molecule has 1 atom stereocenters. The van der Waals surface area contributed by atoms with Crippen LogP contribution in [0.4, 0.5) is 0 Å². The zero-order chi connectivity index (χ0) is 12.1. The Bertz CT molecular complexity index is 337. The smallest absolute Gasteiger partial charge is 0.0108 e. The molecule has 0 saturated carbocycles. The summed E-state index contributed by atoms with van der Waals surface area (Å²) >= 11 is 1.95.